The molecule has 4 atom stereocenters. The number of hydrogen-bond acceptors (Lipinski definition) is 13. The number of methoxy groups -OCH3 is 2. The number of anilines is 1. The van der Waals surface area contributed by atoms with Crippen molar-refractivity contribution >= 4 is 37.3 Å². The Hall–Kier alpha value is -6.62. The SMILES string of the molecule is COc1ccc(C(OC[C@H]2O[C@@H](n3cnc4c(NC(=O)c5ccc(CNC(=O)Cc6ccccc6)cc5)ncnc43)CC2OP(OCCN)N(C(C)C)C(C)C)(c2ccccc2)c2ccc(OC)cc2)cc1. The van der Waals surface area contributed by atoms with E-state index in [9.17, 15) is 9.59 Å². The van der Waals surface area contributed by atoms with Gasteiger partial charge in [0, 0.05) is 37.2 Å². The Morgan fingerprint density at radius 1 is 0.792 bits per heavy atom. The zero-order valence-corrected chi connectivity index (χ0v) is 42.4. The molecule has 72 heavy (non-hydrogen) atoms. The van der Waals surface area contributed by atoms with E-state index in [1.165, 1.54) is 6.33 Å². The van der Waals surface area contributed by atoms with Crippen LogP contribution in [0, 0.1) is 0 Å². The fourth-order valence-electron chi connectivity index (χ4n) is 8.94. The van der Waals surface area contributed by atoms with Crippen molar-refractivity contribution in [2.45, 2.75) is 83.2 Å². The minimum absolute atomic E-state index is 0.0826. The molecule has 1 aliphatic rings. The van der Waals surface area contributed by atoms with E-state index in [2.05, 4.69) is 65.1 Å². The molecule has 1 aliphatic heterocycles. The van der Waals surface area contributed by atoms with Crippen molar-refractivity contribution in [2.24, 2.45) is 5.73 Å². The molecule has 7 aromatic rings. The number of benzene rings is 5. The summed E-state index contributed by atoms with van der Waals surface area (Å²) in [4.78, 5) is 40.0. The van der Waals surface area contributed by atoms with Crippen molar-refractivity contribution in [3.05, 3.63) is 179 Å². The van der Waals surface area contributed by atoms with Gasteiger partial charge in [-0.25, -0.2) is 19.6 Å². The van der Waals surface area contributed by atoms with E-state index in [4.69, 9.17) is 38.7 Å². The number of fused-ring (bicyclic) bond motifs is 1. The molecule has 4 N–H and O–H groups in total. The highest BCUT2D eigenvalue weighted by Gasteiger charge is 2.45. The number of hydrogen-bond donors (Lipinski definition) is 3. The summed E-state index contributed by atoms with van der Waals surface area (Å²) >= 11 is 0. The fraction of sp³-hybridized carbons (Fsp3) is 0.327. The number of nitrogens with two attached hydrogens (primary N) is 1. The first-order valence-corrected chi connectivity index (χ1v) is 25.2. The molecule has 2 aromatic heterocycles. The van der Waals surface area contributed by atoms with Crippen LogP contribution in [-0.2, 0) is 41.9 Å². The van der Waals surface area contributed by atoms with E-state index >= 15 is 0 Å². The van der Waals surface area contributed by atoms with Gasteiger partial charge in [0.1, 0.15) is 35.8 Å². The average molecular weight is 995 g/mol. The highest BCUT2D eigenvalue weighted by atomic mass is 31.2. The summed E-state index contributed by atoms with van der Waals surface area (Å²) in [5.74, 6) is 1.19. The molecule has 0 bridgehead atoms. The smallest absolute Gasteiger partial charge is 0.259 e. The topological polar surface area (TPSA) is 186 Å². The van der Waals surface area contributed by atoms with Gasteiger partial charge < -0.3 is 44.4 Å². The molecule has 0 saturated carbocycles. The second-order valence-electron chi connectivity index (χ2n) is 17.9. The molecule has 376 valence electrons. The summed E-state index contributed by atoms with van der Waals surface area (Å²) < 4.78 is 43.3. The zero-order valence-electron chi connectivity index (χ0n) is 41.5. The lowest BCUT2D eigenvalue weighted by Crippen LogP contribution is -2.39. The number of aromatic nitrogens is 4. The molecule has 3 heterocycles. The molecular weight excluding hydrogens is 932 g/mol. The number of nitrogens with one attached hydrogen (secondary N) is 2. The third-order valence-corrected chi connectivity index (χ3v) is 14.6. The Bertz CT molecular complexity index is 2780. The van der Waals surface area contributed by atoms with Crippen LogP contribution >= 0.6 is 8.53 Å². The first-order valence-electron chi connectivity index (χ1n) is 24.1. The Kier molecular flexibility index (Phi) is 17.4. The lowest BCUT2D eigenvalue weighted by molar-refractivity contribution is -0.120. The molecule has 0 spiro atoms. The van der Waals surface area contributed by atoms with Crippen LogP contribution in [0.2, 0.25) is 0 Å². The number of imidazole rings is 1. The van der Waals surface area contributed by atoms with Gasteiger partial charge in [-0.3, -0.25) is 14.2 Å². The van der Waals surface area contributed by atoms with Crippen LogP contribution in [0.15, 0.2) is 146 Å². The Morgan fingerprint density at radius 3 is 2.00 bits per heavy atom. The first kappa shape index (κ1) is 51.7. The molecule has 1 saturated heterocycles. The Morgan fingerprint density at radius 2 is 1.40 bits per heavy atom. The maximum absolute atomic E-state index is 13.7. The second-order valence-corrected chi connectivity index (χ2v) is 19.3. The van der Waals surface area contributed by atoms with Crippen LogP contribution < -0.4 is 25.8 Å². The van der Waals surface area contributed by atoms with Crippen LogP contribution in [0.1, 0.15) is 78.5 Å². The van der Waals surface area contributed by atoms with E-state index in [-0.39, 0.29) is 42.7 Å². The van der Waals surface area contributed by atoms with Crippen molar-refractivity contribution in [1.29, 1.82) is 0 Å². The molecule has 17 heteroatoms. The van der Waals surface area contributed by atoms with E-state index < -0.39 is 32.6 Å². The van der Waals surface area contributed by atoms with Gasteiger partial charge in [-0.1, -0.05) is 97.1 Å². The van der Waals surface area contributed by atoms with Gasteiger partial charge in [-0.2, -0.15) is 0 Å². The van der Waals surface area contributed by atoms with Crippen LogP contribution in [0.5, 0.6) is 11.5 Å². The van der Waals surface area contributed by atoms with Crippen LogP contribution in [0.3, 0.4) is 0 Å². The number of nitrogens with zero attached hydrogens (tertiary/aromatic N) is 5. The molecule has 2 unspecified atom stereocenters. The molecular formula is C55H63N8O8P. The highest BCUT2D eigenvalue weighted by molar-refractivity contribution is 7.44. The quantitative estimate of drug-likeness (QED) is 0.0408. The Labute approximate surface area is 422 Å². The minimum Gasteiger partial charge on any atom is -0.497 e. The van der Waals surface area contributed by atoms with Crippen molar-refractivity contribution in [2.75, 3.05) is 39.3 Å². The summed E-state index contributed by atoms with van der Waals surface area (Å²) in [6.07, 6.45) is 1.89. The standard InChI is InChI=1S/C55H63N8O8P/c1-37(2)63(38(3)4)72(69-30-29-56)71-47-32-50(70-48(47)34-68-55(42-15-11-8-12-16-42,43-21-25-45(66-5)26-22-43)44-23-27-46(67-6)28-24-44)62-36-60-51-52(58-35-59-53(51)62)61-54(65)41-19-17-40(18-20-41)33-57-49(64)31-39-13-9-7-10-14-39/h7-28,35-38,47-48,50H,29-34,56H2,1-6H3,(H,57,64)(H,58,59,61,65)/t47?,48-,50-,72?/m1/s1. The number of ether oxygens (including phenoxy) is 4. The summed E-state index contributed by atoms with van der Waals surface area (Å²) in [6.45, 7) is 9.53. The number of rotatable bonds is 23. The molecule has 8 rings (SSSR count). The average Bonchev–Trinajstić information content (AvgIpc) is 4.03. The number of amides is 2. The number of carbonyl (C=O) groups is 2. The number of carbonyl (C=O) groups excluding carboxylic acids is 2. The third-order valence-electron chi connectivity index (χ3n) is 12.4. The van der Waals surface area contributed by atoms with Crippen LogP contribution in [0.4, 0.5) is 5.82 Å². The third kappa shape index (κ3) is 12.0. The van der Waals surface area contributed by atoms with Gasteiger partial charge in [0.2, 0.25) is 5.91 Å². The van der Waals surface area contributed by atoms with E-state index in [0.29, 0.717) is 54.3 Å². The van der Waals surface area contributed by atoms with Crippen molar-refractivity contribution in [1.82, 2.24) is 29.5 Å². The maximum Gasteiger partial charge on any atom is 0.259 e. The molecule has 1 fully saturated rings. The molecule has 0 aliphatic carbocycles. The van der Waals surface area contributed by atoms with Gasteiger partial charge in [-0.05, 0) is 91.9 Å². The van der Waals surface area contributed by atoms with E-state index in [0.717, 1.165) is 27.8 Å². The van der Waals surface area contributed by atoms with Crippen LogP contribution in [0.25, 0.3) is 11.2 Å². The lowest BCUT2D eigenvalue weighted by atomic mass is 9.80. The summed E-state index contributed by atoms with van der Waals surface area (Å²) in [5.41, 5.74) is 10.6. The van der Waals surface area contributed by atoms with Gasteiger partial charge >= 0.3 is 0 Å². The monoisotopic (exact) mass is 994 g/mol. The van der Waals surface area contributed by atoms with E-state index in [1.807, 2.05) is 114 Å². The van der Waals surface area contributed by atoms with Crippen molar-refractivity contribution < 1.29 is 37.6 Å². The predicted octanol–water partition coefficient (Wildman–Crippen LogP) is 8.96. The van der Waals surface area contributed by atoms with E-state index in [1.54, 1.807) is 32.7 Å². The van der Waals surface area contributed by atoms with Gasteiger partial charge in [-0.15, -0.1) is 0 Å². The maximum atomic E-state index is 13.7. The summed E-state index contributed by atoms with van der Waals surface area (Å²) in [7, 11) is 1.67. The highest BCUT2D eigenvalue weighted by Crippen LogP contribution is 2.51. The van der Waals surface area contributed by atoms with Crippen molar-refractivity contribution in [3.63, 3.8) is 0 Å². The minimum atomic E-state index is -1.62. The molecule has 16 nitrogen and oxygen atoms in total. The molecule has 5 aromatic carbocycles. The van der Waals surface area contributed by atoms with Crippen LogP contribution in [-0.4, -0.2) is 94.3 Å². The van der Waals surface area contributed by atoms with Gasteiger partial charge in [0.25, 0.3) is 14.4 Å². The summed E-state index contributed by atoms with van der Waals surface area (Å²) in [5, 5.41) is 5.88. The normalized spacial score (nSPS) is 16.3. The Balaban J connectivity index is 1.08. The summed E-state index contributed by atoms with van der Waals surface area (Å²) in [6, 6.07) is 42.7. The largest absolute Gasteiger partial charge is 0.497 e. The van der Waals surface area contributed by atoms with Gasteiger partial charge in [0.15, 0.2) is 17.0 Å². The predicted molar refractivity (Wildman–Crippen MR) is 277 cm³/mol. The van der Waals surface area contributed by atoms with Crippen molar-refractivity contribution in [3.8, 4) is 11.5 Å². The lowest BCUT2D eigenvalue weighted by Gasteiger charge is -2.39. The second kappa shape index (κ2) is 24.2. The fourth-order valence-corrected chi connectivity index (χ4v) is 10.7. The zero-order chi connectivity index (χ0) is 50.6. The molecule has 0 radical (unpaired) electrons. The first-order chi connectivity index (χ1) is 35.0. The molecule has 2 amide bonds. The van der Waals surface area contributed by atoms with Gasteiger partial charge in [0.05, 0.1) is 46.3 Å².